The van der Waals surface area contributed by atoms with E-state index in [-0.39, 0.29) is 0 Å². The summed E-state index contributed by atoms with van der Waals surface area (Å²) < 4.78 is 5.84. The maximum absolute atomic E-state index is 5.94. The Morgan fingerprint density at radius 1 is 1.30 bits per heavy atom. The zero-order valence-electron chi connectivity index (χ0n) is 12.1. The second-order valence-corrected chi connectivity index (χ2v) is 5.66. The van der Waals surface area contributed by atoms with Gasteiger partial charge in [0, 0.05) is 6.04 Å². The average Bonchev–Trinajstić information content (AvgIpc) is 2.90. The van der Waals surface area contributed by atoms with Crippen LogP contribution in [0.1, 0.15) is 44.9 Å². The summed E-state index contributed by atoms with van der Waals surface area (Å²) in [6.45, 7) is 4.04. The largest absolute Gasteiger partial charge is 0.439 e. The van der Waals surface area contributed by atoms with Gasteiger partial charge in [-0.25, -0.2) is 4.98 Å². The molecule has 1 aromatic carbocycles. The Balaban J connectivity index is 1.78. The van der Waals surface area contributed by atoms with Crippen molar-refractivity contribution < 1.29 is 4.42 Å². The Labute approximate surface area is 120 Å². The fourth-order valence-corrected chi connectivity index (χ4v) is 3.20. The van der Waals surface area contributed by atoms with Gasteiger partial charge in [0.15, 0.2) is 5.58 Å². The Bertz CT molecular complexity index is 572. The number of para-hydroxylation sites is 1. The van der Waals surface area contributed by atoms with Gasteiger partial charge in [0.05, 0.1) is 12.2 Å². The molecule has 0 spiro atoms. The SMILES string of the molecule is CCN(Cc1nc2c(N)cccc2o1)C1CCCCC1. The van der Waals surface area contributed by atoms with Gasteiger partial charge in [-0.05, 0) is 31.5 Å². The topological polar surface area (TPSA) is 55.3 Å². The summed E-state index contributed by atoms with van der Waals surface area (Å²) in [5.74, 6) is 0.783. The molecule has 0 amide bonds. The number of nitrogens with zero attached hydrogens (tertiary/aromatic N) is 2. The van der Waals surface area contributed by atoms with Crippen LogP contribution in [0.5, 0.6) is 0 Å². The van der Waals surface area contributed by atoms with Crippen molar-refractivity contribution in [1.29, 1.82) is 0 Å². The number of oxazole rings is 1. The lowest BCUT2D eigenvalue weighted by Gasteiger charge is -2.32. The zero-order chi connectivity index (χ0) is 13.9. The summed E-state index contributed by atoms with van der Waals surface area (Å²) in [4.78, 5) is 7.05. The minimum atomic E-state index is 0.682. The summed E-state index contributed by atoms with van der Waals surface area (Å²) in [6, 6.07) is 6.39. The first-order valence-corrected chi connectivity index (χ1v) is 7.66. The van der Waals surface area contributed by atoms with Gasteiger partial charge in [-0.3, -0.25) is 4.90 Å². The molecule has 4 nitrogen and oxygen atoms in total. The molecule has 0 aliphatic heterocycles. The number of nitrogens with two attached hydrogens (primary N) is 1. The van der Waals surface area contributed by atoms with Gasteiger partial charge >= 0.3 is 0 Å². The third-order valence-electron chi connectivity index (χ3n) is 4.33. The van der Waals surface area contributed by atoms with Crippen LogP contribution in [0.15, 0.2) is 22.6 Å². The molecule has 0 unspecified atom stereocenters. The molecule has 20 heavy (non-hydrogen) atoms. The molecule has 1 saturated carbocycles. The van der Waals surface area contributed by atoms with Crippen LogP contribution in [0.4, 0.5) is 5.69 Å². The molecular weight excluding hydrogens is 250 g/mol. The number of rotatable bonds is 4. The van der Waals surface area contributed by atoms with Crippen molar-refractivity contribution in [3.63, 3.8) is 0 Å². The first-order chi connectivity index (χ1) is 9.78. The van der Waals surface area contributed by atoms with Crippen LogP contribution in [-0.4, -0.2) is 22.5 Å². The fourth-order valence-electron chi connectivity index (χ4n) is 3.20. The van der Waals surface area contributed by atoms with Crippen LogP contribution < -0.4 is 5.73 Å². The number of fused-ring (bicyclic) bond motifs is 1. The Kier molecular flexibility index (Phi) is 3.92. The molecule has 1 aliphatic rings. The van der Waals surface area contributed by atoms with Crippen molar-refractivity contribution in [1.82, 2.24) is 9.88 Å². The van der Waals surface area contributed by atoms with E-state index in [0.717, 1.165) is 30.1 Å². The lowest BCUT2D eigenvalue weighted by molar-refractivity contribution is 0.144. The Morgan fingerprint density at radius 2 is 2.10 bits per heavy atom. The van der Waals surface area contributed by atoms with Gasteiger partial charge in [0.1, 0.15) is 5.52 Å². The van der Waals surface area contributed by atoms with E-state index in [1.54, 1.807) is 0 Å². The molecular formula is C16H23N3O. The second kappa shape index (κ2) is 5.83. The summed E-state index contributed by atoms with van der Waals surface area (Å²) in [6.07, 6.45) is 6.68. The molecule has 1 fully saturated rings. The van der Waals surface area contributed by atoms with Crippen LogP contribution in [-0.2, 0) is 6.54 Å². The van der Waals surface area contributed by atoms with Gasteiger partial charge < -0.3 is 10.2 Å². The zero-order valence-corrected chi connectivity index (χ0v) is 12.1. The van der Waals surface area contributed by atoms with Crippen LogP contribution >= 0.6 is 0 Å². The molecule has 0 radical (unpaired) electrons. The highest BCUT2D eigenvalue weighted by molar-refractivity contribution is 5.85. The minimum absolute atomic E-state index is 0.682. The van der Waals surface area contributed by atoms with Gasteiger partial charge in [0.2, 0.25) is 5.89 Å². The molecule has 2 aromatic rings. The highest BCUT2D eigenvalue weighted by atomic mass is 16.3. The predicted molar refractivity (Wildman–Crippen MR) is 81.4 cm³/mol. The summed E-state index contributed by atoms with van der Waals surface area (Å²) >= 11 is 0. The van der Waals surface area contributed by atoms with E-state index >= 15 is 0 Å². The van der Waals surface area contributed by atoms with E-state index in [4.69, 9.17) is 10.2 Å². The molecule has 108 valence electrons. The van der Waals surface area contributed by atoms with Crippen molar-refractivity contribution in [3.05, 3.63) is 24.1 Å². The molecule has 2 N–H and O–H groups in total. The maximum Gasteiger partial charge on any atom is 0.209 e. The van der Waals surface area contributed by atoms with E-state index in [9.17, 15) is 0 Å². The standard InChI is InChI=1S/C16H23N3O/c1-2-19(12-7-4-3-5-8-12)11-15-18-16-13(17)9-6-10-14(16)20-15/h6,9-10,12H,2-5,7-8,11,17H2,1H3. The smallest absolute Gasteiger partial charge is 0.209 e. The number of benzene rings is 1. The lowest BCUT2D eigenvalue weighted by atomic mass is 9.94. The van der Waals surface area contributed by atoms with E-state index in [1.807, 2.05) is 18.2 Å². The fraction of sp³-hybridized carbons (Fsp3) is 0.562. The minimum Gasteiger partial charge on any atom is -0.439 e. The van der Waals surface area contributed by atoms with Crippen molar-refractivity contribution in [2.45, 2.75) is 51.6 Å². The van der Waals surface area contributed by atoms with Gasteiger partial charge in [-0.15, -0.1) is 0 Å². The summed E-state index contributed by atoms with van der Waals surface area (Å²) in [5.41, 5.74) is 8.22. The van der Waals surface area contributed by atoms with Crippen molar-refractivity contribution in [3.8, 4) is 0 Å². The third kappa shape index (κ3) is 2.66. The summed E-state index contributed by atoms with van der Waals surface area (Å²) in [7, 11) is 0. The Morgan fingerprint density at radius 3 is 2.80 bits per heavy atom. The van der Waals surface area contributed by atoms with Gasteiger partial charge in [-0.1, -0.05) is 32.3 Å². The van der Waals surface area contributed by atoms with Crippen LogP contribution in [0.3, 0.4) is 0 Å². The van der Waals surface area contributed by atoms with Crippen LogP contribution in [0.25, 0.3) is 11.1 Å². The van der Waals surface area contributed by atoms with Gasteiger partial charge in [0.25, 0.3) is 0 Å². The average molecular weight is 273 g/mol. The van der Waals surface area contributed by atoms with Gasteiger partial charge in [-0.2, -0.15) is 0 Å². The number of anilines is 1. The van der Waals surface area contributed by atoms with Crippen LogP contribution in [0.2, 0.25) is 0 Å². The first-order valence-electron chi connectivity index (χ1n) is 7.66. The quantitative estimate of drug-likeness (QED) is 0.865. The van der Waals surface area contributed by atoms with E-state index < -0.39 is 0 Å². The molecule has 0 saturated heterocycles. The predicted octanol–water partition coefficient (Wildman–Crippen LogP) is 3.56. The molecule has 0 atom stereocenters. The van der Waals surface area contributed by atoms with Crippen molar-refractivity contribution in [2.24, 2.45) is 0 Å². The third-order valence-corrected chi connectivity index (χ3v) is 4.33. The monoisotopic (exact) mass is 273 g/mol. The maximum atomic E-state index is 5.94. The molecule has 4 heteroatoms. The molecule has 0 bridgehead atoms. The lowest BCUT2D eigenvalue weighted by Crippen LogP contribution is -2.36. The first kappa shape index (κ1) is 13.4. The number of nitrogen functional groups attached to an aromatic ring is 1. The van der Waals surface area contributed by atoms with Crippen molar-refractivity contribution >= 4 is 16.8 Å². The number of hydrogen-bond donors (Lipinski definition) is 1. The normalized spacial score (nSPS) is 17.1. The number of aromatic nitrogens is 1. The van der Waals surface area contributed by atoms with Crippen molar-refractivity contribution in [2.75, 3.05) is 12.3 Å². The summed E-state index contributed by atoms with van der Waals surface area (Å²) in [5, 5.41) is 0. The van der Waals surface area contributed by atoms with E-state index in [2.05, 4.69) is 16.8 Å². The second-order valence-electron chi connectivity index (χ2n) is 5.66. The van der Waals surface area contributed by atoms with Crippen LogP contribution in [0, 0.1) is 0 Å². The Hall–Kier alpha value is -1.55. The number of hydrogen-bond acceptors (Lipinski definition) is 4. The molecule has 1 aliphatic carbocycles. The highest BCUT2D eigenvalue weighted by Crippen LogP contribution is 2.26. The molecule has 1 aromatic heterocycles. The molecule has 1 heterocycles. The highest BCUT2D eigenvalue weighted by Gasteiger charge is 2.21. The molecule has 3 rings (SSSR count). The van der Waals surface area contributed by atoms with E-state index in [1.165, 1.54) is 32.1 Å². The van der Waals surface area contributed by atoms with E-state index in [0.29, 0.717) is 11.7 Å².